The highest BCUT2D eigenvalue weighted by Gasteiger charge is 2.10. The molecule has 2 aromatic rings. The zero-order valence-corrected chi connectivity index (χ0v) is 11.3. The zero-order valence-electron chi connectivity index (χ0n) is 11.3. The molecule has 2 rings (SSSR count). The van der Waals surface area contributed by atoms with Crippen LogP contribution in [0.15, 0.2) is 36.4 Å². The second-order valence-electron chi connectivity index (χ2n) is 4.70. The second kappa shape index (κ2) is 5.69. The number of nitro benzene ring substituents is 1. The molecule has 0 saturated heterocycles. The molecule has 0 heterocycles. The van der Waals surface area contributed by atoms with Gasteiger partial charge in [0.15, 0.2) is 0 Å². The molecule has 2 aromatic carbocycles. The van der Waals surface area contributed by atoms with Crippen LogP contribution in [-0.4, -0.2) is 4.92 Å². The summed E-state index contributed by atoms with van der Waals surface area (Å²) in [7, 11) is 0. The topological polar surface area (TPSA) is 55.2 Å². The van der Waals surface area contributed by atoms with E-state index >= 15 is 0 Å². The van der Waals surface area contributed by atoms with Crippen molar-refractivity contribution in [2.45, 2.75) is 20.4 Å². The molecular formula is C15H15FN2O2. The number of nitro groups is 1. The molecule has 0 spiro atoms. The van der Waals surface area contributed by atoms with E-state index in [-0.39, 0.29) is 11.4 Å². The Bertz CT molecular complexity index is 656. The fourth-order valence-electron chi connectivity index (χ4n) is 1.94. The summed E-state index contributed by atoms with van der Waals surface area (Å²) in [6.45, 7) is 4.38. The third-order valence-corrected chi connectivity index (χ3v) is 3.13. The number of rotatable bonds is 4. The molecule has 0 atom stereocenters. The van der Waals surface area contributed by atoms with Gasteiger partial charge >= 0.3 is 0 Å². The highest BCUT2D eigenvalue weighted by Crippen LogP contribution is 2.22. The number of aryl methyl sites for hydroxylation is 2. The average molecular weight is 274 g/mol. The van der Waals surface area contributed by atoms with Gasteiger partial charge in [-0.1, -0.05) is 23.8 Å². The van der Waals surface area contributed by atoms with Crippen LogP contribution in [0.2, 0.25) is 0 Å². The Morgan fingerprint density at radius 1 is 1.20 bits per heavy atom. The average Bonchev–Trinajstić information content (AvgIpc) is 2.41. The van der Waals surface area contributed by atoms with Crippen LogP contribution in [0, 0.1) is 29.8 Å². The van der Waals surface area contributed by atoms with Crippen molar-refractivity contribution < 1.29 is 9.31 Å². The van der Waals surface area contributed by atoms with Crippen LogP contribution >= 0.6 is 0 Å². The Labute approximate surface area is 116 Å². The van der Waals surface area contributed by atoms with Gasteiger partial charge in [0.1, 0.15) is 5.82 Å². The highest BCUT2D eigenvalue weighted by atomic mass is 19.1. The third-order valence-electron chi connectivity index (χ3n) is 3.13. The van der Waals surface area contributed by atoms with Crippen LogP contribution in [0.3, 0.4) is 0 Å². The van der Waals surface area contributed by atoms with Gasteiger partial charge in [0.05, 0.1) is 10.6 Å². The molecule has 1 N–H and O–H groups in total. The smallest absolute Gasteiger partial charge is 0.271 e. The summed E-state index contributed by atoms with van der Waals surface area (Å²) in [5.74, 6) is -0.499. The predicted molar refractivity (Wildman–Crippen MR) is 76.3 cm³/mol. The van der Waals surface area contributed by atoms with Crippen molar-refractivity contribution in [3.63, 3.8) is 0 Å². The third kappa shape index (κ3) is 3.12. The van der Waals surface area contributed by atoms with Crippen LogP contribution in [-0.2, 0) is 6.54 Å². The van der Waals surface area contributed by atoms with Crippen LogP contribution in [0.25, 0.3) is 0 Å². The number of halogens is 1. The second-order valence-corrected chi connectivity index (χ2v) is 4.70. The van der Waals surface area contributed by atoms with Gasteiger partial charge in [0.2, 0.25) is 0 Å². The van der Waals surface area contributed by atoms with Crippen molar-refractivity contribution >= 4 is 11.4 Å². The molecule has 20 heavy (non-hydrogen) atoms. The van der Waals surface area contributed by atoms with E-state index < -0.39 is 10.7 Å². The zero-order chi connectivity index (χ0) is 14.7. The summed E-state index contributed by atoms with van der Waals surface area (Å²) in [5.41, 5.74) is 3.26. The molecule has 0 aliphatic rings. The normalized spacial score (nSPS) is 10.3. The first-order valence-electron chi connectivity index (χ1n) is 6.21. The minimum atomic E-state index is -0.539. The Balaban J connectivity index is 2.20. The molecule has 0 bridgehead atoms. The molecule has 0 aliphatic heterocycles. The fraction of sp³-hybridized carbons (Fsp3) is 0.200. The maximum Gasteiger partial charge on any atom is 0.271 e. The fourth-order valence-corrected chi connectivity index (χ4v) is 1.94. The lowest BCUT2D eigenvalue weighted by Gasteiger charge is -2.10. The van der Waals surface area contributed by atoms with E-state index in [0.717, 1.165) is 28.8 Å². The van der Waals surface area contributed by atoms with Gasteiger partial charge < -0.3 is 5.32 Å². The lowest BCUT2D eigenvalue weighted by Crippen LogP contribution is -2.04. The Morgan fingerprint density at radius 3 is 2.65 bits per heavy atom. The number of anilines is 1. The van der Waals surface area contributed by atoms with Gasteiger partial charge in [0, 0.05) is 18.7 Å². The minimum absolute atomic E-state index is 0.130. The van der Waals surface area contributed by atoms with Crippen molar-refractivity contribution in [1.82, 2.24) is 0 Å². The standard InChI is InChI=1S/C15H15FN2O2/c1-10-3-4-11(2)12(7-10)9-17-15-8-13(18(19)20)5-6-14(15)16/h3-8,17H,9H2,1-2H3. The first-order valence-corrected chi connectivity index (χ1v) is 6.21. The molecular weight excluding hydrogens is 259 g/mol. The van der Waals surface area contributed by atoms with Crippen molar-refractivity contribution in [2.75, 3.05) is 5.32 Å². The van der Waals surface area contributed by atoms with E-state index in [1.165, 1.54) is 6.07 Å². The molecule has 0 amide bonds. The molecule has 104 valence electrons. The molecule has 0 aliphatic carbocycles. The van der Waals surface area contributed by atoms with E-state index in [1.54, 1.807) is 0 Å². The number of benzene rings is 2. The van der Waals surface area contributed by atoms with Crippen molar-refractivity contribution in [1.29, 1.82) is 0 Å². The van der Waals surface area contributed by atoms with Gasteiger partial charge in [0.25, 0.3) is 5.69 Å². The lowest BCUT2D eigenvalue weighted by molar-refractivity contribution is -0.384. The summed E-state index contributed by atoms with van der Waals surface area (Å²) in [6, 6.07) is 9.48. The maximum absolute atomic E-state index is 13.6. The highest BCUT2D eigenvalue weighted by molar-refractivity contribution is 5.52. The summed E-state index contributed by atoms with van der Waals surface area (Å²) in [5, 5.41) is 13.6. The predicted octanol–water partition coefficient (Wildman–Crippen LogP) is 3.96. The Hall–Kier alpha value is -2.43. The van der Waals surface area contributed by atoms with E-state index in [9.17, 15) is 14.5 Å². The van der Waals surface area contributed by atoms with E-state index in [1.807, 2.05) is 32.0 Å². The SMILES string of the molecule is Cc1ccc(C)c(CNc2cc([N+](=O)[O-])ccc2F)c1. The summed E-state index contributed by atoms with van der Waals surface area (Å²) >= 11 is 0. The minimum Gasteiger partial charge on any atom is -0.378 e. The van der Waals surface area contributed by atoms with E-state index in [0.29, 0.717) is 6.54 Å². The first-order chi connectivity index (χ1) is 9.47. The molecule has 0 aromatic heterocycles. The van der Waals surface area contributed by atoms with Crippen LogP contribution < -0.4 is 5.32 Å². The monoisotopic (exact) mass is 274 g/mol. The largest absolute Gasteiger partial charge is 0.378 e. The summed E-state index contributed by atoms with van der Waals surface area (Å²) in [4.78, 5) is 10.2. The molecule has 0 radical (unpaired) electrons. The molecule has 0 saturated carbocycles. The van der Waals surface area contributed by atoms with E-state index in [4.69, 9.17) is 0 Å². The van der Waals surface area contributed by atoms with Gasteiger partial charge in [-0.25, -0.2) is 4.39 Å². The van der Waals surface area contributed by atoms with Gasteiger partial charge in [-0.15, -0.1) is 0 Å². The first kappa shape index (κ1) is 14.0. The van der Waals surface area contributed by atoms with Crippen LogP contribution in [0.4, 0.5) is 15.8 Å². The van der Waals surface area contributed by atoms with Crippen LogP contribution in [0.5, 0.6) is 0 Å². The number of hydrogen-bond acceptors (Lipinski definition) is 3. The number of non-ortho nitro benzene ring substituents is 1. The molecule has 0 unspecified atom stereocenters. The van der Waals surface area contributed by atoms with Gasteiger partial charge in [-0.2, -0.15) is 0 Å². The molecule has 5 heteroatoms. The Kier molecular flexibility index (Phi) is 3.98. The molecule has 0 fully saturated rings. The Morgan fingerprint density at radius 2 is 1.95 bits per heavy atom. The van der Waals surface area contributed by atoms with E-state index in [2.05, 4.69) is 5.32 Å². The van der Waals surface area contributed by atoms with Crippen LogP contribution in [0.1, 0.15) is 16.7 Å². The van der Waals surface area contributed by atoms with Crippen molar-refractivity contribution in [2.24, 2.45) is 0 Å². The maximum atomic E-state index is 13.6. The number of hydrogen-bond donors (Lipinski definition) is 1. The van der Waals surface area contributed by atoms with Crippen molar-refractivity contribution in [3.8, 4) is 0 Å². The number of nitrogens with one attached hydrogen (secondary N) is 1. The number of nitrogens with zero attached hydrogens (tertiary/aromatic N) is 1. The van der Waals surface area contributed by atoms with Gasteiger partial charge in [-0.3, -0.25) is 10.1 Å². The quantitative estimate of drug-likeness (QED) is 0.678. The van der Waals surface area contributed by atoms with Gasteiger partial charge in [-0.05, 0) is 31.0 Å². The van der Waals surface area contributed by atoms with Crippen molar-refractivity contribution in [3.05, 3.63) is 69.0 Å². The lowest BCUT2D eigenvalue weighted by atomic mass is 10.1. The molecule has 4 nitrogen and oxygen atoms in total. The summed E-state index contributed by atoms with van der Waals surface area (Å²) in [6.07, 6.45) is 0. The summed E-state index contributed by atoms with van der Waals surface area (Å²) < 4.78 is 13.6.